The normalized spacial score (nSPS) is 16.8. The van der Waals surface area contributed by atoms with Gasteiger partial charge in [0, 0.05) is 30.0 Å². The first-order valence-corrected chi connectivity index (χ1v) is 6.36. The topological polar surface area (TPSA) is 52.9 Å². The van der Waals surface area contributed by atoms with Crippen molar-refractivity contribution in [1.29, 1.82) is 0 Å². The molecule has 0 saturated heterocycles. The second-order valence-corrected chi connectivity index (χ2v) is 4.69. The second kappa shape index (κ2) is 5.40. The Labute approximate surface area is 111 Å². The van der Waals surface area contributed by atoms with E-state index in [-0.39, 0.29) is 5.91 Å². The number of halogens is 1. The van der Waals surface area contributed by atoms with Gasteiger partial charge in [-0.2, -0.15) is 0 Å². The van der Waals surface area contributed by atoms with Crippen molar-refractivity contribution in [1.82, 2.24) is 0 Å². The van der Waals surface area contributed by atoms with Crippen molar-refractivity contribution in [2.45, 2.75) is 26.2 Å². The van der Waals surface area contributed by atoms with Crippen LogP contribution in [0.15, 0.2) is 23.4 Å². The van der Waals surface area contributed by atoms with Crippen LogP contribution in [-0.4, -0.2) is 23.4 Å². The smallest absolute Gasteiger partial charge is 0.226 e. The molecular formula is C13H15ClN2O2. The number of oxime groups is 1. The number of hydrogen-bond acceptors (Lipinski definition) is 3. The number of fused-ring (bicyclic) bond motifs is 1. The fourth-order valence-electron chi connectivity index (χ4n) is 2.16. The number of anilines is 1. The minimum Gasteiger partial charge on any atom is -0.411 e. The molecule has 0 atom stereocenters. The number of carbonyl (C=O) groups excluding carboxylic acids is 1. The standard InChI is InChI=1S/C13H15ClN2O2/c1-2-3-13(17)16-7-6-11(15-18)10-8-9(14)4-5-12(10)16/h4-5,8,18H,2-3,6-7H2,1H3/b15-11+. The minimum absolute atomic E-state index is 0.0954. The molecule has 1 aliphatic heterocycles. The number of rotatable bonds is 2. The van der Waals surface area contributed by atoms with Crippen molar-refractivity contribution in [3.05, 3.63) is 28.8 Å². The van der Waals surface area contributed by atoms with Crippen LogP contribution in [-0.2, 0) is 4.79 Å². The molecule has 4 nitrogen and oxygen atoms in total. The Hall–Kier alpha value is -1.55. The van der Waals surface area contributed by atoms with Gasteiger partial charge in [-0.1, -0.05) is 23.7 Å². The molecule has 0 unspecified atom stereocenters. The van der Waals surface area contributed by atoms with Crippen molar-refractivity contribution < 1.29 is 10.0 Å². The van der Waals surface area contributed by atoms with Crippen LogP contribution in [0.2, 0.25) is 5.02 Å². The average molecular weight is 267 g/mol. The van der Waals surface area contributed by atoms with E-state index in [1.165, 1.54) is 0 Å². The van der Waals surface area contributed by atoms with Gasteiger partial charge in [0.25, 0.3) is 0 Å². The van der Waals surface area contributed by atoms with Crippen LogP contribution in [0.4, 0.5) is 5.69 Å². The van der Waals surface area contributed by atoms with E-state index in [1.807, 2.05) is 6.92 Å². The highest BCUT2D eigenvalue weighted by atomic mass is 35.5. The molecule has 1 amide bonds. The molecule has 0 bridgehead atoms. The van der Waals surface area contributed by atoms with E-state index in [1.54, 1.807) is 23.1 Å². The van der Waals surface area contributed by atoms with Crippen molar-refractivity contribution >= 4 is 28.9 Å². The zero-order valence-corrected chi connectivity index (χ0v) is 10.9. The molecule has 0 fully saturated rings. The van der Waals surface area contributed by atoms with Crippen LogP contribution in [0.5, 0.6) is 0 Å². The third kappa shape index (κ3) is 2.34. The Morgan fingerprint density at radius 1 is 1.56 bits per heavy atom. The van der Waals surface area contributed by atoms with Crippen molar-refractivity contribution in [2.75, 3.05) is 11.4 Å². The van der Waals surface area contributed by atoms with E-state index in [0.717, 1.165) is 17.7 Å². The maximum Gasteiger partial charge on any atom is 0.226 e. The maximum absolute atomic E-state index is 12.0. The number of amides is 1. The van der Waals surface area contributed by atoms with E-state index in [9.17, 15) is 4.79 Å². The third-order valence-corrected chi connectivity index (χ3v) is 3.25. The van der Waals surface area contributed by atoms with E-state index in [0.29, 0.717) is 30.1 Å². The lowest BCUT2D eigenvalue weighted by Crippen LogP contribution is -2.37. The van der Waals surface area contributed by atoms with E-state index >= 15 is 0 Å². The highest BCUT2D eigenvalue weighted by Gasteiger charge is 2.26. The van der Waals surface area contributed by atoms with Gasteiger partial charge in [0.2, 0.25) is 5.91 Å². The molecule has 0 aromatic heterocycles. The van der Waals surface area contributed by atoms with Gasteiger partial charge < -0.3 is 10.1 Å². The Bertz CT molecular complexity index is 500. The fourth-order valence-corrected chi connectivity index (χ4v) is 2.33. The number of hydrogen-bond donors (Lipinski definition) is 1. The van der Waals surface area contributed by atoms with Gasteiger partial charge in [-0.15, -0.1) is 0 Å². The summed E-state index contributed by atoms with van der Waals surface area (Å²) in [6.45, 7) is 2.53. The molecule has 18 heavy (non-hydrogen) atoms. The fraction of sp³-hybridized carbons (Fsp3) is 0.385. The quantitative estimate of drug-likeness (QED) is 0.661. The maximum atomic E-state index is 12.0. The molecule has 0 radical (unpaired) electrons. The minimum atomic E-state index is 0.0954. The Balaban J connectivity index is 2.43. The first-order valence-electron chi connectivity index (χ1n) is 5.98. The molecule has 0 spiro atoms. The van der Waals surface area contributed by atoms with Crippen LogP contribution < -0.4 is 4.90 Å². The lowest BCUT2D eigenvalue weighted by atomic mass is 9.99. The van der Waals surface area contributed by atoms with E-state index in [4.69, 9.17) is 16.8 Å². The summed E-state index contributed by atoms with van der Waals surface area (Å²) in [6, 6.07) is 5.28. The van der Waals surface area contributed by atoms with Crippen LogP contribution in [0.3, 0.4) is 0 Å². The Morgan fingerprint density at radius 2 is 2.33 bits per heavy atom. The van der Waals surface area contributed by atoms with E-state index < -0.39 is 0 Å². The summed E-state index contributed by atoms with van der Waals surface area (Å²) in [5.74, 6) is 0.0954. The zero-order valence-electron chi connectivity index (χ0n) is 10.2. The molecule has 1 aliphatic rings. The van der Waals surface area contributed by atoms with Crippen LogP contribution >= 0.6 is 11.6 Å². The van der Waals surface area contributed by atoms with Crippen molar-refractivity contribution in [3.8, 4) is 0 Å². The van der Waals surface area contributed by atoms with Gasteiger partial charge in [0.15, 0.2) is 0 Å². The van der Waals surface area contributed by atoms with Gasteiger partial charge >= 0.3 is 0 Å². The monoisotopic (exact) mass is 266 g/mol. The first kappa shape index (κ1) is 12.9. The first-order chi connectivity index (χ1) is 8.67. The number of nitrogens with zero attached hydrogens (tertiary/aromatic N) is 2. The molecule has 1 heterocycles. The molecular weight excluding hydrogens is 252 g/mol. The number of benzene rings is 1. The van der Waals surface area contributed by atoms with Gasteiger partial charge in [-0.3, -0.25) is 4.79 Å². The third-order valence-electron chi connectivity index (χ3n) is 3.02. The molecule has 0 saturated carbocycles. The summed E-state index contributed by atoms with van der Waals surface area (Å²) in [5, 5.41) is 12.9. The summed E-state index contributed by atoms with van der Waals surface area (Å²) in [5.41, 5.74) is 2.09. The largest absolute Gasteiger partial charge is 0.411 e. The predicted molar refractivity (Wildman–Crippen MR) is 71.7 cm³/mol. The average Bonchev–Trinajstić information content (AvgIpc) is 2.37. The van der Waals surface area contributed by atoms with Crippen molar-refractivity contribution in [3.63, 3.8) is 0 Å². The van der Waals surface area contributed by atoms with Crippen molar-refractivity contribution in [2.24, 2.45) is 5.16 Å². The van der Waals surface area contributed by atoms with Gasteiger partial charge in [0.05, 0.1) is 11.4 Å². The molecule has 5 heteroatoms. The van der Waals surface area contributed by atoms with Gasteiger partial charge in [-0.05, 0) is 24.6 Å². The van der Waals surface area contributed by atoms with Gasteiger partial charge in [-0.25, -0.2) is 0 Å². The van der Waals surface area contributed by atoms with Crippen LogP contribution in [0.1, 0.15) is 31.7 Å². The SMILES string of the molecule is CCCC(=O)N1CC/C(=N\O)c2cc(Cl)ccc21. The molecule has 1 N–H and O–H groups in total. The predicted octanol–water partition coefficient (Wildman–Crippen LogP) is 3.06. The number of carbonyl (C=O) groups is 1. The summed E-state index contributed by atoms with van der Waals surface area (Å²) >= 11 is 5.95. The highest BCUT2D eigenvalue weighted by Crippen LogP contribution is 2.30. The molecule has 0 aliphatic carbocycles. The molecule has 2 rings (SSSR count). The Morgan fingerprint density at radius 3 is 3.00 bits per heavy atom. The Kier molecular flexibility index (Phi) is 3.87. The van der Waals surface area contributed by atoms with E-state index in [2.05, 4.69) is 5.16 Å². The molecule has 1 aromatic carbocycles. The van der Waals surface area contributed by atoms with Crippen LogP contribution in [0, 0.1) is 0 Å². The summed E-state index contributed by atoms with van der Waals surface area (Å²) in [7, 11) is 0. The molecule has 96 valence electrons. The lowest BCUT2D eigenvalue weighted by molar-refractivity contribution is -0.118. The second-order valence-electron chi connectivity index (χ2n) is 4.25. The van der Waals surface area contributed by atoms with Crippen LogP contribution in [0.25, 0.3) is 0 Å². The van der Waals surface area contributed by atoms with Gasteiger partial charge in [0.1, 0.15) is 0 Å². The zero-order chi connectivity index (χ0) is 13.1. The summed E-state index contributed by atoms with van der Waals surface area (Å²) < 4.78 is 0. The highest BCUT2D eigenvalue weighted by molar-refractivity contribution is 6.31. The molecule has 1 aromatic rings. The summed E-state index contributed by atoms with van der Waals surface area (Å²) in [4.78, 5) is 13.8. The summed E-state index contributed by atoms with van der Waals surface area (Å²) in [6.07, 6.45) is 1.88. The lowest BCUT2D eigenvalue weighted by Gasteiger charge is -2.30.